The van der Waals surface area contributed by atoms with Crippen molar-refractivity contribution >= 4 is 21.8 Å². The van der Waals surface area contributed by atoms with Crippen LogP contribution < -0.4 is 10.1 Å². The molecule has 1 atom stereocenters. The van der Waals surface area contributed by atoms with Crippen molar-refractivity contribution in [2.75, 3.05) is 41.0 Å². The fourth-order valence-electron chi connectivity index (χ4n) is 2.99. The van der Waals surface area contributed by atoms with Crippen LogP contribution >= 0.6 is 15.9 Å². The van der Waals surface area contributed by atoms with Gasteiger partial charge in [0.15, 0.2) is 0 Å². The van der Waals surface area contributed by atoms with Gasteiger partial charge in [0.05, 0.1) is 19.1 Å². The van der Waals surface area contributed by atoms with Gasteiger partial charge >= 0.3 is 0 Å². The summed E-state index contributed by atoms with van der Waals surface area (Å²) in [6, 6.07) is 5.82. The smallest absolute Gasteiger partial charge is 0.232 e. The summed E-state index contributed by atoms with van der Waals surface area (Å²) in [5.74, 6) is 0.898. The second-order valence-corrected chi connectivity index (χ2v) is 6.67. The molecule has 0 radical (unpaired) electrons. The predicted octanol–water partition coefficient (Wildman–Crippen LogP) is 2.04. The monoisotopic (exact) mass is 370 g/mol. The standard InChI is InChI=1S/C16H23BrN2O3/c1-19(9-12-8-13(17)4-5-14(12)22-3)15(20)16(11-21-2)6-7-18-10-16/h4-5,8,18H,6-7,9-11H2,1-3H3. The fourth-order valence-corrected chi connectivity index (χ4v) is 3.40. The minimum absolute atomic E-state index is 0.112. The van der Waals surface area contributed by atoms with E-state index in [4.69, 9.17) is 9.47 Å². The quantitative estimate of drug-likeness (QED) is 0.832. The van der Waals surface area contributed by atoms with Crippen molar-refractivity contribution in [3.05, 3.63) is 28.2 Å². The largest absolute Gasteiger partial charge is 0.496 e. The molecule has 2 rings (SSSR count). The van der Waals surface area contributed by atoms with Gasteiger partial charge in [0.1, 0.15) is 5.75 Å². The predicted molar refractivity (Wildman–Crippen MR) is 89.0 cm³/mol. The molecule has 0 saturated carbocycles. The molecule has 1 amide bonds. The summed E-state index contributed by atoms with van der Waals surface area (Å²) in [7, 11) is 5.12. The first kappa shape index (κ1) is 17.2. The molecule has 1 aliphatic heterocycles. The summed E-state index contributed by atoms with van der Waals surface area (Å²) in [6.45, 7) is 2.47. The minimum atomic E-state index is -0.456. The summed E-state index contributed by atoms with van der Waals surface area (Å²) in [4.78, 5) is 14.7. The Morgan fingerprint density at radius 2 is 2.23 bits per heavy atom. The lowest BCUT2D eigenvalue weighted by Gasteiger charge is -2.31. The number of carbonyl (C=O) groups excluding carboxylic acids is 1. The van der Waals surface area contributed by atoms with Gasteiger partial charge in [-0.1, -0.05) is 15.9 Å². The number of rotatable bonds is 6. The van der Waals surface area contributed by atoms with E-state index in [2.05, 4.69) is 21.2 Å². The van der Waals surface area contributed by atoms with Gasteiger partial charge in [0.25, 0.3) is 0 Å². The third-order valence-corrected chi connectivity index (χ3v) is 4.61. The molecule has 1 heterocycles. The van der Waals surface area contributed by atoms with Crippen LogP contribution in [0.15, 0.2) is 22.7 Å². The minimum Gasteiger partial charge on any atom is -0.496 e. The molecule has 1 unspecified atom stereocenters. The first-order valence-corrected chi connectivity index (χ1v) is 8.09. The number of ether oxygens (including phenoxy) is 2. The van der Waals surface area contributed by atoms with Gasteiger partial charge in [-0.3, -0.25) is 4.79 Å². The number of hydrogen-bond donors (Lipinski definition) is 1. The van der Waals surface area contributed by atoms with Gasteiger partial charge in [0, 0.05) is 37.3 Å². The van der Waals surface area contributed by atoms with Gasteiger partial charge in [-0.05, 0) is 31.2 Å². The molecule has 1 saturated heterocycles. The molecule has 22 heavy (non-hydrogen) atoms. The summed E-state index contributed by atoms with van der Waals surface area (Å²) < 4.78 is 11.6. The average molecular weight is 371 g/mol. The Hall–Kier alpha value is -1.11. The molecule has 0 spiro atoms. The zero-order valence-electron chi connectivity index (χ0n) is 13.3. The number of hydrogen-bond acceptors (Lipinski definition) is 4. The van der Waals surface area contributed by atoms with Crippen LogP contribution in [0.5, 0.6) is 5.75 Å². The molecule has 1 N–H and O–H groups in total. The Balaban J connectivity index is 2.16. The molecule has 6 heteroatoms. The van der Waals surface area contributed by atoms with Crippen LogP contribution in [0.1, 0.15) is 12.0 Å². The van der Waals surface area contributed by atoms with Crippen LogP contribution in [0.2, 0.25) is 0 Å². The maximum atomic E-state index is 12.9. The lowest BCUT2D eigenvalue weighted by molar-refractivity contribution is -0.143. The molecule has 1 aromatic carbocycles. The Morgan fingerprint density at radius 3 is 2.82 bits per heavy atom. The van der Waals surface area contributed by atoms with E-state index in [1.807, 2.05) is 25.2 Å². The Kier molecular flexibility index (Phi) is 5.83. The second kappa shape index (κ2) is 7.44. The summed E-state index contributed by atoms with van der Waals surface area (Å²) in [5.41, 5.74) is 0.522. The number of methoxy groups -OCH3 is 2. The van der Waals surface area contributed by atoms with E-state index in [0.717, 1.165) is 28.8 Å². The SMILES string of the molecule is COCC1(C(=O)N(C)Cc2cc(Br)ccc2OC)CCNC1. The van der Waals surface area contributed by atoms with Crippen LogP contribution in [0.25, 0.3) is 0 Å². The van der Waals surface area contributed by atoms with Crippen molar-refractivity contribution in [2.24, 2.45) is 5.41 Å². The highest BCUT2D eigenvalue weighted by molar-refractivity contribution is 9.10. The first-order valence-electron chi connectivity index (χ1n) is 7.30. The molecule has 1 aliphatic rings. The topological polar surface area (TPSA) is 50.8 Å². The number of halogens is 1. The van der Waals surface area contributed by atoms with Crippen LogP contribution in [0.4, 0.5) is 0 Å². The molecular formula is C16H23BrN2O3. The van der Waals surface area contributed by atoms with Crippen LogP contribution in [0.3, 0.4) is 0 Å². The Labute approximate surface area is 140 Å². The Morgan fingerprint density at radius 1 is 1.45 bits per heavy atom. The van der Waals surface area contributed by atoms with Crippen molar-refractivity contribution in [2.45, 2.75) is 13.0 Å². The summed E-state index contributed by atoms with van der Waals surface area (Å²) >= 11 is 3.47. The lowest BCUT2D eigenvalue weighted by Crippen LogP contribution is -2.46. The Bertz CT molecular complexity index is 530. The van der Waals surface area contributed by atoms with Crippen LogP contribution in [-0.4, -0.2) is 51.8 Å². The molecule has 1 aromatic rings. The van der Waals surface area contributed by atoms with E-state index in [1.165, 1.54) is 0 Å². The fraction of sp³-hybridized carbons (Fsp3) is 0.562. The van der Waals surface area contributed by atoms with Crippen molar-refractivity contribution in [1.82, 2.24) is 10.2 Å². The van der Waals surface area contributed by atoms with Gasteiger partial charge < -0.3 is 19.7 Å². The second-order valence-electron chi connectivity index (χ2n) is 5.76. The normalized spacial score (nSPS) is 20.9. The van der Waals surface area contributed by atoms with Crippen molar-refractivity contribution in [3.8, 4) is 5.75 Å². The van der Waals surface area contributed by atoms with Crippen LogP contribution in [-0.2, 0) is 16.1 Å². The third kappa shape index (κ3) is 3.62. The number of benzene rings is 1. The highest BCUT2D eigenvalue weighted by Gasteiger charge is 2.43. The first-order chi connectivity index (χ1) is 10.5. The van der Waals surface area contributed by atoms with E-state index < -0.39 is 5.41 Å². The van der Waals surface area contributed by atoms with E-state index in [-0.39, 0.29) is 5.91 Å². The maximum Gasteiger partial charge on any atom is 0.232 e. The van der Waals surface area contributed by atoms with E-state index >= 15 is 0 Å². The zero-order valence-corrected chi connectivity index (χ0v) is 14.9. The molecule has 1 fully saturated rings. The zero-order chi connectivity index (χ0) is 16.2. The highest BCUT2D eigenvalue weighted by Crippen LogP contribution is 2.30. The van der Waals surface area contributed by atoms with Gasteiger partial charge in [-0.2, -0.15) is 0 Å². The summed E-state index contributed by atoms with van der Waals surface area (Å²) in [5, 5.41) is 3.27. The molecule has 5 nitrogen and oxygen atoms in total. The number of nitrogens with zero attached hydrogens (tertiary/aromatic N) is 1. The maximum absolute atomic E-state index is 12.9. The van der Waals surface area contributed by atoms with Crippen molar-refractivity contribution in [1.29, 1.82) is 0 Å². The molecule has 0 aromatic heterocycles. The van der Waals surface area contributed by atoms with Crippen molar-refractivity contribution in [3.63, 3.8) is 0 Å². The highest BCUT2D eigenvalue weighted by atomic mass is 79.9. The lowest BCUT2D eigenvalue weighted by atomic mass is 9.86. The van der Waals surface area contributed by atoms with Crippen LogP contribution in [0, 0.1) is 5.41 Å². The third-order valence-electron chi connectivity index (χ3n) is 4.11. The molecule has 0 bridgehead atoms. The van der Waals surface area contributed by atoms with Crippen molar-refractivity contribution < 1.29 is 14.3 Å². The van der Waals surface area contributed by atoms with E-state index in [1.54, 1.807) is 19.1 Å². The number of amides is 1. The van der Waals surface area contributed by atoms with Gasteiger partial charge in [-0.25, -0.2) is 0 Å². The molecule has 0 aliphatic carbocycles. The number of nitrogens with one attached hydrogen (secondary N) is 1. The summed E-state index contributed by atoms with van der Waals surface area (Å²) in [6.07, 6.45) is 0.805. The number of carbonyl (C=O) groups is 1. The van der Waals surface area contributed by atoms with Gasteiger partial charge in [0.2, 0.25) is 5.91 Å². The van der Waals surface area contributed by atoms with Gasteiger partial charge in [-0.15, -0.1) is 0 Å². The molecule has 122 valence electrons. The van der Waals surface area contributed by atoms with E-state index in [0.29, 0.717) is 19.7 Å². The average Bonchev–Trinajstić information content (AvgIpc) is 2.97. The van der Waals surface area contributed by atoms with E-state index in [9.17, 15) is 4.79 Å². The molecular weight excluding hydrogens is 348 g/mol.